The molecular weight excluding hydrogens is 326 g/mol. The Labute approximate surface area is 147 Å². The van der Waals surface area contributed by atoms with E-state index in [4.69, 9.17) is 11.6 Å². The Bertz CT molecular complexity index is 658. The number of carbonyl (C=O) groups excluding carboxylic acids is 1. The van der Waals surface area contributed by atoms with Crippen LogP contribution < -0.4 is 4.90 Å². The molecule has 0 aliphatic carbocycles. The molecule has 7 heteroatoms. The number of pyridine rings is 1. The highest BCUT2D eigenvalue weighted by Crippen LogP contribution is 2.20. The second-order valence-electron chi connectivity index (χ2n) is 6.16. The molecule has 0 radical (unpaired) electrons. The minimum Gasteiger partial charge on any atom is -0.350 e. The molecule has 3 rings (SSSR count). The van der Waals surface area contributed by atoms with E-state index in [0.29, 0.717) is 11.6 Å². The van der Waals surface area contributed by atoms with Gasteiger partial charge >= 0.3 is 0 Å². The van der Waals surface area contributed by atoms with Gasteiger partial charge < -0.3 is 9.80 Å². The van der Waals surface area contributed by atoms with Gasteiger partial charge in [-0.1, -0.05) is 11.6 Å². The largest absolute Gasteiger partial charge is 0.350 e. The number of hydrogen-bond acceptors (Lipinski definition) is 4. The van der Waals surface area contributed by atoms with Crippen molar-refractivity contribution < 1.29 is 4.79 Å². The number of halogens is 1. The first-order valence-corrected chi connectivity index (χ1v) is 8.61. The van der Waals surface area contributed by atoms with Crippen molar-refractivity contribution >= 4 is 23.3 Å². The number of carbonyl (C=O) groups is 1. The van der Waals surface area contributed by atoms with Crippen LogP contribution in [0.15, 0.2) is 36.8 Å². The minimum absolute atomic E-state index is 0.131. The van der Waals surface area contributed by atoms with Gasteiger partial charge in [0.25, 0.3) is 0 Å². The lowest BCUT2D eigenvalue weighted by Crippen LogP contribution is -2.49. The first-order valence-electron chi connectivity index (χ1n) is 8.23. The summed E-state index contributed by atoms with van der Waals surface area (Å²) in [5, 5.41) is 4.86. The number of likely N-dealkylation sites (tertiary alicyclic amines) is 1. The Morgan fingerprint density at radius 2 is 2.29 bits per heavy atom. The van der Waals surface area contributed by atoms with Crippen LogP contribution in [0.3, 0.4) is 0 Å². The van der Waals surface area contributed by atoms with Crippen LogP contribution in [0, 0.1) is 0 Å². The maximum absolute atomic E-state index is 12.8. The lowest BCUT2D eigenvalue weighted by Gasteiger charge is -2.36. The molecule has 1 atom stereocenters. The zero-order valence-electron chi connectivity index (χ0n) is 13.8. The Kier molecular flexibility index (Phi) is 5.35. The van der Waals surface area contributed by atoms with Gasteiger partial charge in [-0.25, -0.2) is 4.98 Å². The maximum atomic E-state index is 12.8. The van der Waals surface area contributed by atoms with E-state index >= 15 is 0 Å². The topological polar surface area (TPSA) is 54.3 Å². The van der Waals surface area contributed by atoms with Crippen molar-refractivity contribution in [3.8, 4) is 0 Å². The van der Waals surface area contributed by atoms with Crippen molar-refractivity contribution in [2.45, 2.75) is 31.8 Å². The molecule has 0 saturated carbocycles. The molecule has 1 aliphatic rings. The summed E-state index contributed by atoms with van der Waals surface area (Å²) in [4.78, 5) is 20.9. The zero-order valence-corrected chi connectivity index (χ0v) is 14.6. The molecule has 128 valence electrons. The normalized spacial score (nSPS) is 17.8. The molecule has 0 bridgehead atoms. The van der Waals surface area contributed by atoms with Crippen LogP contribution in [0.25, 0.3) is 0 Å². The van der Waals surface area contributed by atoms with Crippen molar-refractivity contribution in [2.24, 2.45) is 0 Å². The highest BCUT2D eigenvalue weighted by molar-refractivity contribution is 6.30. The van der Waals surface area contributed by atoms with Crippen LogP contribution in [0.4, 0.5) is 5.82 Å². The highest BCUT2D eigenvalue weighted by Gasteiger charge is 2.27. The lowest BCUT2D eigenvalue weighted by molar-refractivity contribution is -0.133. The van der Waals surface area contributed by atoms with Crippen molar-refractivity contribution in [1.82, 2.24) is 19.7 Å². The molecule has 0 aromatic carbocycles. The number of hydrogen-bond donors (Lipinski definition) is 0. The summed E-state index contributed by atoms with van der Waals surface area (Å²) in [5.41, 5.74) is 0. The van der Waals surface area contributed by atoms with E-state index in [1.54, 1.807) is 18.5 Å². The summed E-state index contributed by atoms with van der Waals surface area (Å²) in [6, 6.07) is 5.73. The van der Waals surface area contributed by atoms with Crippen LogP contribution in [0.1, 0.15) is 19.3 Å². The third kappa shape index (κ3) is 4.06. The quantitative estimate of drug-likeness (QED) is 0.833. The SMILES string of the molecule is CN(CC(=O)N1CCCCC1Cn1cccn1)c1ccc(Cl)cn1. The van der Waals surface area contributed by atoms with Gasteiger partial charge in [0.05, 0.1) is 24.2 Å². The Morgan fingerprint density at radius 3 is 3.00 bits per heavy atom. The number of amides is 1. The monoisotopic (exact) mass is 347 g/mol. The molecule has 3 heterocycles. The summed E-state index contributed by atoms with van der Waals surface area (Å²) in [6.07, 6.45) is 8.55. The summed E-state index contributed by atoms with van der Waals surface area (Å²) < 4.78 is 1.90. The van der Waals surface area contributed by atoms with Gasteiger partial charge in [-0.15, -0.1) is 0 Å². The average Bonchev–Trinajstić information content (AvgIpc) is 3.09. The van der Waals surface area contributed by atoms with Crippen LogP contribution in [0.2, 0.25) is 5.02 Å². The third-order valence-corrected chi connectivity index (χ3v) is 4.60. The van der Waals surface area contributed by atoms with Crippen LogP contribution in [-0.4, -0.2) is 51.8 Å². The first kappa shape index (κ1) is 16.8. The van der Waals surface area contributed by atoms with Gasteiger partial charge in [0.2, 0.25) is 5.91 Å². The third-order valence-electron chi connectivity index (χ3n) is 4.38. The van der Waals surface area contributed by atoms with Crippen molar-refractivity contribution in [1.29, 1.82) is 0 Å². The van der Waals surface area contributed by atoms with Crippen LogP contribution >= 0.6 is 11.6 Å². The molecule has 1 saturated heterocycles. The summed E-state index contributed by atoms with van der Waals surface area (Å²) in [6.45, 7) is 1.87. The highest BCUT2D eigenvalue weighted by atomic mass is 35.5. The summed E-state index contributed by atoms with van der Waals surface area (Å²) in [7, 11) is 1.88. The molecule has 0 spiro atoms. The van der Waals surface area contributed by atoms with E-state index in [9.17, 15) is 4.79 Å². The molecule has 2 aromatic rings. The molecule has 1 aliphatic heterocycles. The standard InChI is InChI=1S/C17H22ClN5O/c1-21(16-7-6-14(18)11-19-16)13-17(24)23-10-3-2-5-15(23)12-22-9-4-8-20-22/h4,6-9,11,15H,2-3,5,10,12-13H2,1H3. The molecule has 1 amide bonds. The van der Waals surface area contributed by atoms with Gasteiger partial charge in [-0.3, -0.25) is 9.48 Å². The van der Waals surface area contributed by atoms with Crippen LogP contribution in [-0.2, 0) is 11.3 Å². The van der Waals surface area contributed by atoms with E-state index < -0.39 is 0 Å². The van der Waals surface area contributed by atoms with Crippen molar-refractivity contribution in [3.63, 3.8) is 0 Å². The second kappa shape index (κ2) is 7.66. The van der Waals surface area contributed by atoms with Gasteiger partial charge in [0.15, 0.2) is 0 Å². The molecule has 1 unspecified atom stereocenters. The van der Waals surface area contributed by atoms with Crippen LogP contribution in [0.5, 0.6) is 0 Å². The smallest absolute Gasteiger partial charge is 0.242 e. The van der Waals surface area contributed by atoms with Crippen molar-refractivity contribution in [2.75, 3.05) is 25.0 Å². The predicted molar refractivity (Wildman–Crippen MR) is 94.1 cm³/mol. The molecule has 6 nitrogen and oxygen atoms in total. The number of likely N-dealkylation sites (N-methyl/N-ethyl adjacent to an activating group) is 1. The molecule has 1 fully saturated rings. The first-order chi connectivity index (χ1) is 11.6. The molecule has 24 heavy (non-hydrogen) atoms. The fourth-order valence-electron chi connectivity index (χ4n) is 3.11. The molecular formula is C17H22ClN5O. The van der Waals surface area contributed by atoms with E-state index in [-0.39, 0.29) is 11.9 Å². The predicted octanol–water partition coefficient (Wildman–Crippen LogP) is 2.45. The Morgan fingerprint density at radius 1 is 1.42 bits per heavy atom. The average molecular weight is 348 g/mol. The van der Waals surface area contributed by atoms with E-state index in [1.165, 1.54) is 0 Å². The molecule has 0 N–H and O–H groups in total. The van der Waals surface area contributed by atoms with Crippen molar-refractivity contribution in [3.05, 3.63) is 41.8 Å². The van der Waals surface area contributed by atoms with Gasteiger partial charge in [0, 0.05) is 32.2 Å². The zero-order chi connectivity index (χ0) is 16.9. The van der Waals surface area contributed by atoms with E-state index in [0.717, 1.165) is 38.2 Å². The molecule has 2 aromatic heterocycles. The number of nitrogens with zero attached hydrogens (tertiary/aromatic N) is 5. The number of anilines is 1. The van der Waals surface area contributed by atoms with E-state index in [2.05, 4.69) is 10.1 Å². The number of rotatable bonds is 5. The fourth-order valence-corrected chi connectivity index (χ4v) is 3.22. The lowest BCUT2D eigenvalue weighted by atomic mass is 10.0. The number of piperidine rings is 1. The number of aromatic nitrogens is 3. The van der Waals surface area contributed by atoms with E-state index in [1.807, 2.05) is 39.9 Å². The maximum Gasteiger partial charge on any atom is 0.242 e. The van der Waals surface area contributed by atoms with Gasteiger partial charge in [-0.05, 0) is 37.5 Å². The fraction of sp³-hybridized carbons (Fsp3) is 0.471. The Hall–Kier alpha value is -2.08. The van der Waals surface area contributed by atoms with Gasteiger partial charge in [-0.2, -0.15) is 5.10 Å². The Balaban J connectivity index is 1.64. The van der Waals surface area contributed by atoms with Gasteiger partial charge in [0.1, 0.15) is 5.82 Å². The minimum atomic E-state index is 0.131. The second-order valence-corrected chi connectivity index (χ2v) is 6.59. The summed E-state index contributed by atoms with van der Waals surface area (Å²) in [5.74, 6) is 0.875. The summed E-state index contributed by atoms with van der Waals surface area (Å²) >= 11 is 5.87.